The van der Waals surface area contributed by atoms with Crippen molar-refractivity contribution in [2.45, 2.75) is 19.4 Å². The van der Waals surface area contributed by atoms with E-state index in [1.54, 1.807) is 20.1 Å². The van der Waals surface area contributed by atoms with Crippen molar-refractivity contribution in [3.05, 3.63) is 63.8 Å². The van der Waals surface area contributed by atoms with Gasteiger partial charge in [-0.15, -0.1) is 11.3 Å². The molecule has 1 aromatic heterocycles. The van der Waals surface area contributed by atoms with Crippen LogP contribution in [0.25, 0.3) is 10.8 Å². The summed E-state index contributed by atoms with van der Waals surface area (Å²) in [4.78, 5) is 40.7. The van der Waals surface area contributed by atoms with Crippen molar-refractivity contribution in [1.29, 1.82) is 0 Å². The predicted molar refractivity (Wildman–Crippen MR) is 111 cm³/mol. The second kappa shape index (κ2) is 7.00. The Balaban J connectivity index is 1.62. The molecule has 3 amide bonds. The van der Waals surface area contributed by atoms with Crippen LogP contribution in [0.3, 0.4) is 0 Å². The number of methoxy groups -OCH3 is 1. The minimum absolute atomic E-state index is 0.249. The SMILES string of the molecule is COc1ccc2cc([C@]3(C)NC(=O)N(CC(=O)c4ccc(C)s4)C3=O)ccc2c1. The van der Waals surface area contributed by atoms with Gasteiger partial charge in [0, 0.05) is 4.88 Å². The van der Waals surface area contributed by atoms with E-state index in [1.807, 2.05) is 49.4 Å². The molecule has 7 heteroatoms. The quantitative estimate of drug-likeness (QED) is 0.514. The van der Waals surface area contributed by atoms with E-state index in [2.05, 4.69) is 5.32 Å². The van der Waals surface area contributed by atoms with E-state index in [4.69, 9.17) is 4.74 Å². The molecule has 2 heterocycles. The molecule has 1 fully saturated rings. The van der Waals surface area contributed by atoms with Crippen LogP contribution in [0.1, 0.15) is 27.0 Å². The Labute approximate surface area is 172 Å². The molecule has 0 radical (unpaired) electrons. The van der Waals surface area contributed by atoms with Crippen molar-refractivity contribution in [3.8, 4) is 5.75 Å². The molecular formula is C22H20N2O4S. The van der Waals surface area contributed by atoms with Crippen LogP contribution in [-0.4, -0.2) is 36.3 Å². The molecule has 2 aromatic carbocycles. The highest BCUT2D eigenvalue weighted by atomic mass is 32.1. The largest absolute Gasteiger partial charge is 0.497 e. The first-order chi connectivity index (χ1) is 13.8. The molecule has 3 aromatic rings. The molecule has 1 atom stereocenters. The first-order valence-electron chi connectivity index (χ1n) is 9.14. The summed E-state index contributed by atoms with van der Waals surface area (Å²) in [5, 5.41) is 4.65. The van der Waals surface area contributed by atoms with Crippen LogP contribution in [0.2, 0.25) is 0 Å². The number of aryl methyl sites for hydroxylation is 1. The van der Waals surface area contributed by atoms with Crippen molar-refractivity contribution >= 4 is 39.8 Å². The van der Waals surface area contributed by atoms with Crippen molar-refractivity contribution in [2.75, 3.05) is 13.7 Å². The molecule has 1 N–H and O–H groups in total. The Morgan fingerprint density at radius 3 is 2.52 bits per heavy atom. The third kappa shape index (κ3) is 3.27. The third-order valence-electron chi connectivity index (χ3n) is 5.22. The van der Waals surface area contributed by atoms with Gasteiger partial charge in [-0.05, 0) is 60.5 Å². The number of Topliss-reactive ketones (excluding diaryl/α,β-unsaturated/α-hetero) is 1. The highest BCUT2D eigenvalue weighted by Crippen LogP contribution is 2.32. The number of fused-ring (bicyclic) bond motifs is 1. The second-order valence-electron chi connectivity index (χ2n) is 7.21. The van der Waals surface area contributed by atoms with Gasteiger partial charge in [-0.25, -0.2) is 4.79 Å². The fourth-order valence-electron chi connectivity index (χ4n) is 3.50. The van der Waals surface area contributed by atoms with E-state index in [9.17, 15) is 14.4 Å². The number of hydrogen-bond acceptors (Lipinski definition) is 5. The molecule has 4 rings (SSSR count). The van der Waals surface area contributed by atoms with Crippen LogP contribution >= 0.6 is 11.3 Å². The Kier molecular flexibility index (Phi) is 4.62. The number of thiophene rings is 1. The summed E-state index contributed by atoms with van der Waals surface area (Å²) in [5.74, 6) is 0.0636. The van der Waals surface area contributed by atoms with Gasteiger partial charge in [0.15, 0.2) is 5.78 Å². The Morgan fingerprint density at radius 2 is 1.83 bits per heavy atom. The lowest BCUT2D eigenvalue weighted by molar-refractivity contribution is -0.130. The molecule has 1 aliphatic heterocycles. The topological polar surface area (TPSA) is 75.7 Å². The maximum atomic E-state index is 13.1. The smallest absolute Gasteiger partial charge is 0.325 e. The highest BCUT2D eigenvalue weighted by molar-refractivity contribution is 7.14. The van der Waals surface area contributed by atoms with Crippen molar-refractivity contribution < 1.29 is 19.1 Å². The van der Waals surface area contributed by atoms with Crippen molar-refractivity contribution in [2.24, 2.45) is 0 Å². The minimum Gasteiger partial charge on any atom is -0.497 e. The van der Waals surface area contributed by atoms with Crippen LogP contribution in [0.15, 0.2) is 48.5 Å². The van der Waals surface area contributed by atoms with Gasteiger partial charge in [0.25, 0.3) is 5.91 Å². The molecule has 0 saturated carbocycles. The van der Waals surface area contributed by atoms with Gasteiger partial charge in [0.1, 0.15) is 11.3 Å². The number of amides is 3. The maximum absolute atomic E-state index is 13.1. The third-order valence-corrected chi connectivity index (χ3v) is 6.26. The number of imide groups is 1. The van der Waals surface area contributed by atoms with Gasteiger partial charge in [-0.2, -0.15) is 0 Å². The highest BCUT2D eigenvalue weighted by Gasteiger charge is 2.49. The number of carbonyl (C=O) groups is 3. The predicted octanol–water partition coefficient (Wildman–Crippen LogP) is 3.87. The molecule has 0 spiro atoms. The summed E-state index contributed by atoms with van der Waals surface area (Å²) in [6.45, 7) is 3.30. The van der Waals surface area contributed by atoms with Crippen LogP contribution < -0.4 is 10.1 Å². The van der Waals surface area contributed by atoms with E-state index in [0.29, 0.717) is 10.4 Å². The molecule has 0 unspecified atom stereocenters. The number of ether oxygens (including phenoxy) is 1. The fraction of sp³-hybridized carbons (Fsp3) is 0.227. The standard InChI is InChI=1S/C22H20N2O4S/c1-13-4-9-19(29-13)18(25)12-24-20(26)22(2,23-21(24)27)16-7-5-15-11-17(28-3)8-6-14(15)10-16/h4-11H,12H2,1-3H3,(H,23,27)/t22-/m0/s1. The maximum Gasteiger partial charge on any atom is 0.325 e. The van der Waals surface area contributed by atoms with Gasteiger partial charge in [0.05, 0.1) is 18.5 Å². The summed E-state index contributed by atoms with van der Waals surface area (Å²) in [6.07, 6.45) is 0. The average Bonchev–Trinajstić information content (AvgIpc) is 3.24. The lowest BCUT2D eigenvalue weighted by Gasteiger charge is -2.22. The normalized spacial score (nSPS) is 18.9. The Hall–Kier alpha value is -3.19. The number of nitrogens with zero attached hydrogens (tertiary/aromatic N) is 1. The molecular weight excluding hydrogens is 388 g/mol. The number of hydrogen-bond donors (Lipinski definition) is 1. The summed E-state index contributed by atoms with van der Waals surface area (Å²) >= 11 is 1.35. The summed E-state index contributed by atoms with van der Waals surface area (Å²) in [7, 11) is 1.61. The lowest BCUT2D eigenvalue weighted by Crippen LogP contribution is -2.41. The van der Waals surface area contributed by atoms with E-state index in [0.717, 1.165) is 26.3 Å². The van der Waals surface area contributed by atoms with Gasteiger partial charge in [-0.1, -0.05) is 18.2 Å². The van der Waals surface area contributed by atoms with Gasteiger partial charge in [-0.3, -0.25) is 14.5 Å². The number of urea groups is 1. The van der Waals surface area contributed by atoms with Crippen molar-refractivity contribution in [3.63, 3.8) is 0 Å². The first-order valence-corrected chi connectivity index (χ1v) is 9.95. The fourth-order valence-corrected chi connectivity index (χ4v) is 4.30. The summed E-state index contributed by atoms with van der Waals surface area (Å²) in [5.41, 5.74) is -0.563. The number of rotatable bonds is 5. The molecule has 6 nitrogen and oxygen atoms in total. The molecule has 1 aliphatic rings. The molecule has 1 saturated heterocycles. The molecule has 148 valence electrons. The lowest BCUT2D eigenvalue weighted by atomic mass is 9.90. The summed E-state index contributed by atoms with van der Waals surface area (Å²) < 4.78 is 5.24. The zero-order valence-electron chi connectivity index (χ0n) is 16.3. The van der Waals surface area contributed by atoms with E-state index in [1.165, 1.54) is 11.3 Å². The van der Waals surface area contributed by atoms with Crippen LogP contribution in [0.5, 0.6) is 5.75 Å². The zero-order valence-corrected chi connectivity index (χ0v) is 17.1. The number of benzene rings is 2. The Morgan fingerprint density at radius 1 is 1.10 bits per heavy atom. The number of ketones is 1. The second-order valence-corrected chi connectivity index (χ2v) is 8.50. The van der Waals surface area contributed by atoms with Crippen LogP contribution in [0.4, 0.5) is 4.79 Å². The minimum atomic E-state index is -1.23. The number of carbonyl (C=O) groups excluding carboxylic acids is 3. The average molecular weight is 408 g/mol. The van der Waals surface area contributed by atoms with Crippen molar-refractivity contribution in [1.82, 2.24) is 10.2 Å². The monoisotopic (exact) mass is 408 g/mol. The van der Waals surface area contributed by atoms with Crippen LogP contribution in [-0.2, 0) is 10.3 Å². The van der Waals surface area contributed by atoms with Gasteiger partial charge in [0.2, 0.25) is 0 Å². The Bertz CT molecular complexity index is 1150. The van der Waals surface area contributed by atoms with E-state index in [-0.39, 0.29) is 12.3 Å². The molecule has 0 bridgehead atoms. The summed E-state index contributed by atoms with van der Waals surface area (Å²) in [6, 6.07) is 14.2. The van der Waals surface area contributed by atoms with Crippen LogP contribution in [0, 0.1) is 6.92 Å². The first kappa shape index (κ1) is 19.1. The zero-order chi connectivity index (χ0) is 20.8. The molecule has 0 aliphatic carbocycles. The van der Waals surface area contributed by atoms with E-state index >= 15 is 0 Å². The van der Waals surface area contributed by atoms with Gasteiger partial charge < -0.3 is 10.1 Å². The van der Waals surface area contributed by atoms with Gasteiger partial charge >= 0.3 is 6.03 Å². The number of nitrogens with one attached hydrogen (secondary N) is 1. The van der Waals surface area contributed by atoms with E-state index < -0.39 is 17.5 Å². The molecule has 29 heavy (non-hydrogen) atoms.